The molecule has 1 fully saturated rings. The van der Waals surface area contributed by atoms with E-state index in [1.165, 1.54) is 0 Å². The number of nitrogens with zero attached hydrogens (tertiary/aromatic N) is 4. The molecule has 0 saturated carbocycles. The average Bonchev–Trinajstić information content (AvgIpc) is 3.15. The molecule has 0 bridgehead atoms. The number of aromatic nitrogens is 2. The smallest absolute Gasteiger partial charge is 0.410 e. The van der Waals surface area contributed by atoms with Gasteiger partial charge in [0.15, 0.2) is 5.96 Å². The molecule has 0 aliphatic carbocycles. The van der Waals surface area contributed by atoms with Gasteiger partial charge in [0, 0.05) is 51.7 Å². The van der Waals surface area contributed by atoms with Crippen LogP contribution in [0, 0.1) is 5.92 Å². The number of hydrogen-bond donors (Lipinski definition) is 2. The fraction of sp³-hybridized carbons (Fsp3) is 0.750. The molecule has 1 amide bonds. The van der Waals surface area contributed by atoms with Crippen molar-refractivity contribution in [2.24, 2.45) is 10.9 Å². The maximum absolute atomic E-state index is 12.2. The number of ether oxygens (including phenoxy) is 1. The highest BCUT2D eigenvalue weighted by molar-refractivity contribution is 5.79. The number of piperidine rings is 1. The van der Waals surface area contributed by atoms with E-state index >= 15 is 0 Å². The number of hydrogen-bond acceptors (Lipinski definition) is 4. The minimum absolute atomic E-state index is 0.207. The van der Waals surface area contributed by atoms with Crippen molar-refractivity contribution in [3.63, 3.8) is 0 Å². The molecule has 158 valence electrons. The summed E-state index contributed by atoms with van der Waals surface area (Å²) < 4.78 is 7.39. The first kappa shape index (κ1) is 22.0. The van der Waals surface area contributed by atoms with Gasteiger partial charge in [0.1, 0.15) is 5.60 Å². The van der Waals surface area contributed by atoms with Gasteiger partial charge in [-0.2, -0.15) is 5.10 Å². The molecule has 8 nitrogen and oxygen atoms in total. The molecule has 1 aliphatic heterocycles. The van der Waals surface area contributed by atoms with Crippen molar-refractivity contribution in [1.29, 1.82) is 0 Å². The SMILES string of the molecule is CCNC(=NCC1CCN(C(=O)OC(C)(C)C)CC1)NCCCn1cccn1. The van der Waals surface area contributed by atoms with E-state index in [4.69, 9.17) is 9.73 Å². The number of nitrogens with one attached hydrogen (secondary N) is 2. The van der Waals surface area contributed by atoms with Crippen molar-refractivity contribution >= 4 is 12.1 Å². The molecule has 0 aromatic carbocycles. The summed E-state index contributed by atoms with van der Waals surface area (Å²) >= 11 is 0. The zero-order valence-electron chi connectivity index (χ0n) is 17.8. The van der Waals surface area contributed by atoms with E-state index in [-0.39, 0.29) is 6.09 Å². The third-order valence-corrected chi connectivity index (χ3v) is 4.53. The fourth-order valence-corrected chi connectivity index (χ4v) is 3.07. The van der Waals surface area contributed by atoms with Gasteiger partial charge >= 0.3 is 6.09 Å². The summed E-state index contributed by atoms with van der Waals surface area (Å²) in [6.45, 7) is 12.6. The van der Waals surface area contributed by atoms with Crippen LogP contribution in [0.25, 0.3) is 0 Å². The minimum atomic E-state index is -0.442. The Bertz CT molecular complexity index is 601. The van der Waals surface area contributed by atoms with Gasteiger partial charge in [-0.05, 0) is 58.9 Å². The summed E-state index contributed by atoms with van der Waals surface area (Å²) in [7, 11) is 0. The summed E-state index contributed by atoms with van der Waals surface area (Å²) in [5, 5.41) is 10.9. The Balaban J connectivity index is 1.70. The van der Waals surface area contributed by atoms with Gasteiger partial charge in [0.2, 0.25) is 0 Å². The molecule has 28 heavy (non-hydrogen) atoms. The van der Waals surface area contributed by atoms with E-state index in [0.717, 1.165) is 64.5 Å². The van der Waals surface area contributed by atoms with Gasteiger partial charge in [-0.15, -0.1) is 0 Å². The van der Waals surface area contributed by atoms with Crippen molar-refractivity contribution in [3.05, 3.63) is 18.5 Å². The van der Waals surface area contributed by atoms with Gasteiger partial charge in [-0.1, -0.05) is 0 Å². The molecular weight excluding hydrogens is 356 g/mol. The number of aryl methyl sites for hydroxylation is 1. The van der Waals surface area contributed by atoms with Gasteiger partial charge in [-0.3, -0.25) is 9.67 Å². The van der Waals surface area contributed by atoms with E-state index in [2.05, 4.69) is 22.7 Å². The molecule has 8 heteroatoms. The summed E-state index contributed by atoms with van der Waals surface area (Å²) in [5.74, 6) is 1.36. The van der Waals surface area contributed by atoms with Gasteiger partial charge in [0.05, 0.1) is 0 Å². The lowest BCUT2D eigenvalue weighted by atomic mass is 9.97. The van der Waals surface area contributed by atoms with Crippen molar-refractivity contribution in [3.8, 4) is 0 Å². The summed E-state index contributed by atoms with van der Waals surface area (Å²) in [6, 6.07) is 1.94. The predicted molar refractivity (Wildman–Crippen MR) is 111 cm³/mol. The van der Waals surface area contributed by atoms with Crippen molar-refractivity contribution in [2.75, 3.05) is 32.7 Å². The van der Waals surface area contributed by atoms with Crippen LogP contribution in [0.3, 0.4) is 0 Å². The van der Waals surface area contributed by atoms with Crippen LogP contribution in [-0.2, 0) is 11.3 Å². The van der Waals surface area contributed by atoms with Crippen LogP contribution >= 0.6 is 0 Å². The standard InChI is InChI=1S/C20H36N6O2/c1-5-21-18(22-10-6-12-26-13-7-11-24-26)23-16-17-8-14-25(15-9-17)19(27)28-20(2,3)4/h7,11,13,17H,5-6,8-10,12,14-16H2,1-4H3,(H2,21,22,23). The molecule has 1 saturated heterocycles. The second-order valence-electron chi connectivity index (χ2n) is 8.18. The van der Waals surface area contributed by atoms with E-state index in [1.54, 1.807) is 6.20 Å². The normalized spacial score (nSPS) is 16.1. The lowest BCUT2D eigenvalue weighted by Gasteiger charge is -2.33. The second kappa shape index (κ2) is 10.9. The Morgan fingerprint density at radius 3 is 2.64 bits per heavy atom. The molecule has 0 unspecified atom stereocenters. The van der Waals surface area contributed by atoms with Crippen LogP contribution in [0.15, 0.2) is 23.5 Å². The van der Waals surface area contributed by atoms with Crippen LogP contribution in [0.2, 0.25) is 0 Å². The summed E-state index contributed by atoms with van der Waals surface area (Å²) in [4.78, 5) is 18.7. The molecule has 0 spiro atoms. The second-order valence-corrected chi connectivity index (χ2v) is 8.18. The van der Waals surface area contributed by atoms with Crippen molar-refractivity contribution in [2.45, 2.75) is 59.1 Å². The monoisotopic (exact) mass is 392 g/mol. The maximum atomic E-state index is 12.2. The highest BCUT2D eigenvalue weighted by Gasteiger charge is 2.26. The molecule has 2 N–H and O–H groups in total. The van der Waals surface area contributed by atoms with E-state index in [1.807, 2.05) is 42.6 Å². The molecular formula is C20H36N6O2. The Hall–Kier alpha value is -2.25. The average molecular weight is 393 g/mol. The van der Waals surface area contributed by atoms with Gasteiger partial charge in [0.25, 0.3) is 0 Å². The number of guanidine groups is 1. The van der Waals surface area contributed by atoms with Gasteiger partial charge in [-0.25, -0.2) is 4.79 Å². The number of rotatable bonds is 7. The third-order valence-electron chi connectivity index (χ3n) is 4.53. The van der Waals surface area contributed by atoms with Crippen LogP contribution in [0.4, 0.5) is 4.79 Å². The highest BCUT2D eigenvalue weighted by atomic mass is 16.6. The maximum Gasteiger partial charge on any atom is 0.410 e. The lowest BCUT2D eigenvalue weighted by molar-refractivity contribution is 0.0187. The minimum Gasteiger partial charge on any atom is -0.444 e. The van der Waals surface area contributed by atoms with Crippen LogP contribution in [-0.4, -0.2) is 65.1 Å². The Morgan fingerprint density at radius 2 is 2.04 bits per heavy atom. The first-order valence-electron chi connectivity index (χ1n) is 10.3. The molecule has 2 heterocycles. The molecule has 1 aromatic heterocycles. The lowest BCUT2D eigenvalue weighted by Crippen LogP contribution is -2.42. The van der Waals surface area contributed by atoms with Crippen LogP contribution < -0.4 is 10.6 Å². The van der Waals surface area contributed by atoms with Crippen LogP contribution in [0.5, 0.6) is 0 Å². The first-order valence-corrected chi connectivity index (χ1v) is 10.3. The Kier molecular flexibility index (Phi) is 8.60. The van der Waals surface area contributed by atoms with E-state index in [9.17, 15) is 4.79 Å². The van der Waals surface area contributed by atoms with Crippen molar-refractivity contribution in [1.82, 2.24) is 25.3 Å². The van der Waals surface area contributed by atoms with E-state index < -0.39 is 5.60 Å². The Labute approximate surface area is 168 Å². The quantitative estimate of drug-likeness (QED) is 0.423. The number of aliphatic imine (C=N–C) groups is 1. The zero-order valence-corrected chi connectivity index (χ0v) is 17.8. The molecule has 0 radical (unpaired) electrons. The van der Waals surface area contributed by atoms with Crippen LogP contribution in [0.1, 0.15) is 47.0 Å². The predicted octanol–water partition coefficient (Wildman–Crippen LogP) is 2.48. The topological polar surface area (TPSA) is 83.8 Å². The highest BCUT2D eigenvalue weighted by Crippen LogP contribution is 2.19. The molecule has 2 rings (SSSR count). The number of carbonyl (C=O) groups is 1. The van der Waals surface area contributed by atoms with Crippen molar-refractivity contribution < 1.29 is 9.53 Å². The number of likely N-dealkylation sites (tertiary alicyclic amines) is 1. The molecule has 0 atom stereocenters. The Morgan fingerprint density at radius 1 is 1.29 bits per heavy atom. The molecule has 1 aromatic rings. The summed E-state index contributed by atoms with van der Waals surface area (Å²) in [5.41, 5.74) is -0.442. The fourth-order valence-electron chi connectivity index (χ4n) is 3.07. The number of carbonyl (C=O) groups excluding carboxylic acids is 1. The largest absolute Gasteiger partial charge is 0.444 e. The first-order chi connectivity index (χ1) is 13.4. The zero-order chi connectivity index (χ0) is 20.4. The van der Waals surface area contributed by atoms with E-state index in [0.29, 0.717) is 5.92 Å². The third kappa shape index (κ3) is 8.19. The molecule has 1 aliphatic rings. The summed E-state index contributed by atoms with van der Waals surface area (Å²) in [6.07, 6.45) is 6.47. The van der Waals surface area contributed by atoms with Gasteiger partial charge < -0.3 is 20.3 Å². The number of amides is 1.